The number of rotatable bonds is 5. The molecule has 1 aliphatic rings. The van der Waals surface area contributed by atoms with Crippen LogP contribution in [0.1, 0.15) is 12.8 Å². The molecule has 0 saturated carbocycles. The molecular weight excluding hydrogens is 248 g/mol. The molecule has 1 saturated heterocycles. The van der Waals surface area contributed by atoms with Crippen molar-refractivity contribution in [2.75, 3.05) is 37.7 Å². The van der Waals surface area contributed by atoms with Crippen molar-refractivity contribution in [3.63, 3.8) is 0 Å². The Bertz CT molecular complexity index is 315. The first-order chi connectivity index (χ1) is 8.40. The fourth-order valence-corrected chi connectivity index (χ4v) is 2.48. The number of nitrogens with zero attached hydrogens (tertiary/aromatic N) is 1. The van der Waals surface area contributed by atoms with Crippen molar-refractivity contribution in [1.29, 1.82) is 0 Å². The molecule has 2 rings (SSSR count). The Morgan fingerprint density at radius 3 is 2.67 bits per heavy atom. The first-order valence-corrected chi connectivity index (χ1v) is 6.51. The normalized spacial score (nSPS) is 19.1. The van der Waals surface area contributed by atoms with E-state index in [1.807, 2.05) is 6.07 Å². The summed E-state index contributed by atoms with van der Waals surface area (Å²) in [5.41, 5.74) is 1.21. The van der Waals surface area contributed by atoms with E-state index in [-0.39, 0.29) is 19.0 Å². The molecule has 2 N–H and O–H groups in total. The monoisotopic (exact) mass is 270 g/mol. The summed E-state index contributed by atoms with van der Waals surface area (Å²) in [5.74, 6) is 0.704. The zero-order chi connectivity index (χ0) is 11.9. The molecule has 102 valence electrons. The molecule has 1 atom stereocenters. The summed E-state index contributed by atoms with van der Waals surface area (Å²) in [7, 11) is 0. The third-order valence-electron chi connectivity index (χ3n) is 3.37. The molecule has 1 heterocycles. The highest BCUT2D eigenvalue weighted by atomic mass is 35.5. The van der Waals surface area contributed by atoms with E-state index >= 15 is 0 Å². The van der Waals surface area contributed by atoms with Gasteiger partial charge in [0.05, 0.1) is 6.61 Å². The zero-order valence-corrected chi connectivity index (χ0v) is 11.5. The summed E-state index contributed by atoms with van der Waals surface area (Å²) >= 11 is 0. The second-order valence-corrected chi connectivity index (χ2v) is 4.72. The first kappa shape index (κ1) is 15.3. The Kier molecular flexibility index (Phi) is 7.09. The minimum absolute atomic E-state index is 0. The minimum Gasteiger partial charge on any atom is -0.395 e. The molecule has 1 aromatic carbocycles. The van der Waals surface area contributed by atoms with Crippen LogP contribution in [0.15, 0.2) is 30.3 Å². The molecule has 1 aliphatic heterocycles. The summed E-state index contributed by atoms with van der Waals surface area (Å²) in [6, 6.07) is 10.4. The number of benzene rings is 1. The summed E-state index contributed by atoms with van der Waals surface area (Å²) < 4.78 is 0. The molecular formula is C14H23ClN2O. The van der Waals surface area contributed by atoms with E-state index in [1.165, 1.54) is 18.5 Å². The molecule has 0 bridgehead atoms. The number of piperidine rings is 1. The highest BCUT2D eigenvalue weighted by Gasteiger charge is 2.16. The van der Waals surface area contributed by atoms with Gasteiger partial charge in [0, 0.05) is 18.8 Å². The first-order valence-electron chi connectivity index (χ1n) is 6.51. The largest absolute Gasteiger partial charge is 0.395 e. The fraction of sp³-hybridized carbons (Fsp3) is 0.571. The standard InChI is InChI=1S/C14H22N2O.ClH/c17-10-9-16(14-6-2-1-3-7-14)12-13-5-4-8-15-11-13;/h1-3,6-7,13,15,17H,4-5,8-12H2;1H. The van der Waals surface area contributed by atoms with Crippen LogP contribution in [0.2, 0.25) is 0 Å². The van der Waals surface area contributed by atoms with Crippen LogP contribution in [-0.4, -0.2) is 37.9 Å². The summed E-state index contributed by atoms with van der Waals surface area (Å²) in [5, 5.41) is 12.6. The van der Waals surface area contributed by atoms with Gasteiger partial charge >= 0.3 is 0 Å². The zero-order valence-electron chi connectivity index (χ0n) is 10.7. The average Bonchev–Trinajstić information content (AvgIpc) is 2.40. The Balaban J connectivity index is 0.00000162. The maximum atomic E-state index is 9.17. The van der Waals surface area contributed by atoms with E-state index in [2.05, 4.69) is 34.5 Å². The number of hydrogen-bond donors (Lipinski definition) is 2. The van der Waals surface area contributed by atoms with Crippen molar-refractivity contribution in [3.05, 3.63) is 30.3 Å². The van der Waals surface area contributed by atoms with Crippen LogP contribution >= 0.6 is 12.4 Å². The van der Waals surface area contributed by atoms with E-state index in [9.17, 15) is 5.11 Å². The van der Waals surface area contributed by atoms with Crippen LogP contribution in [0.4, 0.5) is 5.69 Å². The Morgan fingerprint density at radius 1 is 1.28 bits per heavy atom. The van der Waals surface area contributed by atoms with E-state index < -0.39 is 0 Å². The van der Waals surface area contributed by atoms with Gasteiger partial charge in [-0.25, -0.2) is 0 Å². The number of aliphatic hydroxyl groups excluding tert-OH is 1. The van der Waals surface area contributed by atoms with E-state index in [4.69, 9.17) is 0 Å². The summed E-state index contributed by atoms with van der Waals surface area (Å²) in [4.78, 5) is 2.29. The van der Waals surface area contributed by atoms with Gasteiger partial charge in [0.1, 0.15) is 0 Å². The number of halogens is 1. The fourth-order valence-electron chi connectivity index (χ4n) is 2.48. The lowest BCUT2D eigenvalue weighted by Gasteiger charge is -2.31. The van der Waals surface area contributed by atoms with Gasteiger partial charge in [0.25, 0.3) is 0 Å². The molecule has 18 heavy (non-hydrogen) atoms. The van der Waals surface area contributed by atoms with Gasteiger partial charge in [-0.2, -0.15) is 0 Å². The number of nitrogens with one attached hydrogen (secondary N) is 1. The van der Waals surface area contributed by atoms with Gasteiger partial charge in [-0.3, -0.25) is 0 Å². The van der Waals surface area contributed by atoms with Gasteiger partial charge in [-0.1, -0.05) is 18.2 Å². The second-order valence-electron chi connectivity index (χ2n) is 4.72. The van der Waals surface area contributed by atoms with Crippen molar-refractivity contribution in [2.45, 2.75) is 12.8 Å². The predicted molar refractivity (Wildman–Crippen MR) is 78.6 cm³/mol. The van der Waals surface area contributed by atoms with Crippen LogP contribution in [0, 0.1) is 5.92 Å². The molecule has 0 aliphatic carbocycles. The number of para-hydroxylation sites is 1. The molecule has 0 spiro atoms. The van der Waals surface area contributed by atoms with Crippen molar-refractivity contribution in [1.82, 2.24) is 5.32 Å². The third-order valence-corrected chi connectivity index (χ3v) is 3.37. The Hall–Kier alpha value is -0.770. The highest BCUT2D eigenvalue weighted by molar-refractivity contribution is 5.85. The Morgan fingerprint density at radius 2 is 2.06 bits per heavy atom. The molecule has 1 fully saturated rings. The maximum Gasteiger partial charge on any atom is 0.0606 e. The molecule has 1 unspecified atom stereocenters. The van der Waals surface area contributed by atoms with Crippen LogP contribution < -0.4 is 10.2 Å². The van der Waals surface area contributed by atoms with Gasteiger partial charge in [-0.15, -0.1) is 12.4 Å². The number of anilines is 1. The minimum atomic E-state index is 0. The van der Waals surface area contributed by atoms with Crippen LogP contribution in [-0.2, 0) is 0 Å². The molecule has 1 aromatic rings. The number of hydrogen-bond acceptors (Lipinski definition) is 3. The van der Waals surface area contributed by atoms with Gasteiger partial charge < -0.3 is 15.3 Å². The summed E-state index contributed by atoms with van der Waals surface area (Å²) in [6.07, 6.45) is 2.56. The second kappa shape index (κ2) is 8.35. The molecule has 0 aromatic heterocycles. The molecule has 0 radical (unpaired) electrons. The van der Waals surface area contributed by atoms with Crippen molar-refractivity contribution in [3.8, 4) is 0 Å². The lowest BCUT2D eigenvalue weighted by atomic mass is 9.99. The van der Waals surface area contributed by atoms with Gasteiger partial charge in [0.2, 0.25) is 0 Å². The maximum absolute atomic E-state index is 9.17. The van der Waals surface area contributed by atoms with Crippen LogP contribution in [0.5, 0.6) is 0 Å². The van der Waals surface area contributed by atoms with E-state index in [0.717, 1.165) is 26.2 Å². The SMILES string of the molecule is Cl.OCCN(CC1CCCNC1)c1ccccc1. The van der Waals surface area contributed by atoms with Crippen molar-refractivity contribution < 1.29 is 5.11 Å². The van der Waals surface area contributed by atoms with Crippen LogP contribution in [0.25, 0.3) is 0 Å². The lowest BCUT2D eigenvalue weighted by molar-refractivity contribution is 0.295. The van der Waals surface area contributed by atoms with Crippen molar-refractivity contribution >= 4 is 18.1 Å². The lowest BCUT2D eigenvalue weighted by Crippen LogP contribution is -2.39. The molecule has 4 heteroatoms. The highest BCUT2D eigenvalue weighted by Crippen LogP contribution is 2.18. The van der Waals surface area contributed by atoms with Gasteiger partial charge in [0.15, 0.2) is 0 Å². The van der Waals surface area contributed by atoms with Gasteiger partial charge in [-0.05, 0) is 44.0 Å². The average molecular weight is 271 g/mol. The molecule has 0 amide bonds. The van der Waals surface area contributed by atoms with E-state index in [0.29, 0.717) is 5.92 Å². The van der Waals surface area contributed by atoms with E-state index in [1.54, 1.807) is 0 Å². The predicted octanol–water partition coefficient (Wildman–Crippen LogP) is 1.91. The number of aliphatic hydroxyl groups is 1. The third kappa shape index (κ3) is 4.48. The van der Waals surface area contributed by atoms with Crippen molar-refractivity contribution in [2.24, 2.45) is 5.92 Å². The smallest absolute Gasteiger partial charge is 0.0606 e. The molecule has 3 nitrogen and oxygen atoms in total. The van der Waals surface area contributed by atoms with Crippen LogP contribution in [0.3, 0.4) is 0 Å². The quantitative estimate of drug-likeness (QED) is 0.858. The summed E-state index contributed by atoms with van der Waals surface area (Å²) in [6.45, 7) is 4.24. The topological polar surface area (TPSA) is 35.5 Å². The Labute approximate surface area is 116 Å².